The molecule has 0 saturated carbocycles. The summed E-state index contributed by atoms with van der Waals surface area (Å²) in [5.74, 6) is 0.0274. The fraction of sp³-hybridized carbons (Fsp3) is 0.103. The zero-order valence-electron chi connectivity index (χ0n) is 20.9. The maximum Gasteiger partial charge on any atom is 0.264 e. The van der Waals surface area contributed by atoms with E-state index < -0.39 is 22.5 Å². The van der Waals surface area contributed by atoms with E-state index in [0.29, 0.717) is 39.2 Å². The highest BCUT2D eigenvalue weighted by atomic mass is 35.5. The summed E-state index contributed by atoms with van der Waals surface area (Å²) >= 11 is 12.4. The van der Waals surface area contributed by atoms with E-state index in [2.05, 4.69) is 10.5 Å². The second kappa shape index (κ2) is 12.8. The molecule has 0 fully saturated rings. The quantitative estimate of drug-likeness (QED) is 0.178. The van der Waals surface area contributed by atoms with Crippen LogP contribution in [0.25, 0.3) is 0 Å². The van der Waals surface area contributed by atoms with Crippen LogP contribution in [0.3, 0.4) is 0 Å². The number of halogens is 2. The second-order valence-electron chi connectivity index (χ2n) is 8.45. The molecule has 0 aliphatic rings. The monoisotopic (exact) mass is 581 g/mol. The van der Waals surface area contributed by atoms with Crippen LogP contribution >= 0.6 is 23.2 Å². The van der Waals surface area contributed by atoms with Crippen LogP contribution in [0.5, 0.6) is 5.75 Å². The molecule has 0 radical (unpaired) electrons. The van der Waals surface area contributed by atoms with Crippen LogP contribution in [-0.4, -0.2) is 27.1 Å². The Balaban J connectivity index is 1.43. The molecule has 0 spiro atoms. The molecule has 0 bridgehead atoms. The van der Waals surface area contributed by atoms with Crippen molar-refractivity contribution in [2.45, 2.75) is 18.4 Å². The lowest BCUT2D eigenvalue weighted by Gasteiger charge is -2.25. The van der Waals surface area contributed by atoms with Crippen LogP contribution in [0, 0.1) is 6.92 Å². The van der Waals surface area contributed by atoms with Crippen molar-refractivity contribution in [3.05, 3.63) is 124 Å². The maximum atomic E-state index is 13.5. The van der Waals surface area contributed by atoms with Crippen LogP contribution in [-0.2, 0) is 21.4 Å². The van der Waals surface area contributed by atoms with Crippen LogP contribution in [0.1, 0.15) is 16.7 Å². The molecule has 7 nitrogen and oxygen atoms in total. The number of hydrogen-bond acceptors (Lipinski definition) is 5. The molecule has 0 aromatic heterocycles. The highest BCUT2D eigenvalue weighted by Crippen LogP contribution is 2.30. The zero-order valence-corrected chi connectivity index (χ0v) is 23.2. The SMILES string of the molecule is Cc1c(Cl)cccc1N(CC(=O)N/N=C\c1ccc(OCc2ccccc2Cl)cc1)S(=O)(=O)c1ccccc1. The highest BCUT2D eigenvalue weighted by Gasteiger charge is 2.28. The second-order valence-corrected chi connectivity index (χ2v) is 11.1. The fourth-order valence-corrected chi connectivity index (χ4v) is 5.52. The van der Waals surface area contributed by atoms with Crippen LogP contribution in [0.2, 0.25) is 10.0 Å². The maximum absolute atomic E-state index is 13.5. The summed E-state index contributed by atoms with van der Waals surface area (Å²) in [6.45, 7) is 1.53. The first-order valence-corrected chi connectivity index (χ1v) is 14.1. The Bertz CT molecular complexity index is 1580. The molecule has 200 valence electrons. The van der Waals surface area contributed by atoms with E-state index in [1.165, 1.54) is 18.3 Å². The Labute approximate surface area is 237 Å². The number of rotatable bonds is 10. The van der Waals surface area contributed by atoms with Gasteiger partial charge >= 0.3 is 0 Å². The molecule has 1 amide bonds. The Kier molecular flexibility index (Phi) is 9.24. The average Bonchev–Trinajstić information content (AvgIpc) is 2.94. The number of benzene rings is 4. The number of amides is 1. The van der Waals surface area contributed by atoms with Gasteiger partial charge in [-0.05, 0) is 72.6 Å². The van der Waals surface area contributed by atoms with Gasteiger partial charge in [-0.15, -0.1) is 0 Å². The molecule has 0 saturated heterocycles. The van der Waals surface area contributed by atoms with E-state index >= 15 is 0 Å². The molecule has 0 aliphatic carbocycles. The molecule has 10 heteroatoms. The molecule has 4 aromatic rings. The van der Waals surface area contributed by atoms with E-state index in [1.54, 1.807) is 73.7 Å². The summed E-state index contributed by atoms with van der Waals surface area (Å²) < 4.78 is 33.7. The van der Waals surface area contributed by atoms with Gasteiger partial charge in [0.05, 0.1) is 16.8 Å². The molecule has 4 aromatic carbocycles. The standard InChI is InChI=1S/C29H25Cl2N3O4S/c1-21-26(30)12-7-13-28(21)34(39(36,37)25-9-3-2-4-10-25)19-29(35)33-32-18-22-14-16-24(17-15-22)38-20-23-8-5-6-11-27(23)31/h2-18H,19-20H2,1H3,(H,33,35)/b32-18-. The number of hydrogen-bond donors (Lipinski definition) is 1. The summed E-state index contributed by atoms with van der Waals surface area (Å²) in [6.07, 6.45) is 1.45. The van der Waals surface area contributed by atoms with Crippen molar-refractivity contribution in [1.82, 2.24) is 5.43 Å². The number of carbonyl (C=O) groups is 1. The first-order valence-electron chi connectivity index (χ1n) is 11.9. The largest absolute Gasteiger partial charge is 0.489 e. The van der Waals surface area contributed by atoms with Crippen molar-refractivity contribution in [1.29, 1.82) is 0 Å². The third kappa shape index (κ3) is 7.17. The molecular formula is C29H25Cl2N3O4S. The minimum absolute atomic E-state index is 0.0533. The number of anilines is 1. The van der Waals surface area contributed by atoms with Gasteiger partial charge in [0, 0.05) is 15.6 Å². The Morgan fingerprint density at radius 3 is 2.28 bits per heavy atom. The Morgan fingerprint density at radius 1 is 0.897 bits per heavy atom. The van der Waals surface area contributed by atoms with Gasteiger partial charge in [0.1, 0.15) is 18.9 Å². The average molecular weight is 583 g/mol. The van der Waals surface area contributed by atoms with Crippen molar-refractivity contribution in [2.24, 2.45) is 5.10 Å². The molecule has 0 atom stereocenters. The van der Waals surface area contributed by atoms with Gasteiger partial charge in [-0.3, -0.25) is 9.10 Å². The minimum atomic E-state index is -4.06. The number of hydrazone groups is 1. The summed E-state index contributed by atoms with van der Waals surface area (Å²) in [4.78, 5) is 12.9. The molecule has 4 rings (SSSR count). The lowest BCUT2D eigenvalue weighted by atomic mass is 10.2. The lowest BCUT2D eigenvalue weighted by molar-refractivity contribution is -0.119. The minimum Gasteiger partial charge on any atom is -0.489 e. The summed E-state index contributed by atoms with van der Waals surface area (Å²) in [5, 5.41) is 5.01. The zero-order chi connectivity index (χ0) is 27.8. The molecule has 0 unspecified atom stereocenters. The van der Waals surface area contributed by atoms with Gasteiger partial charge in [0.25, 0.3) is 15.9 Å². The van der Waals surface area contributed by atoms with Gasteiger partial charge in [-0.1, -0.05) is 65.7 Å². The number of nitrogens with one attached hydrogen (secondary N) is 1. The summed E-state index contributed by atoms with van der Waals surface area (Å²) in [5.41, 5.74) is 4.83. The fourth-order valence-electron chi connectivity index (χ4n) is 3.66. The summed E-state index contributed by atoms with van der Waals surface area (Å²) in [7, 11) is -4.06. The third-order valence-corrected chi connectivity index (χ3v) is 8.31. The summed E-state index contributed by atoms with van der Waals surface area (Å²) in [6, 6.07) is 27.3. The van der Waals surface area contributed by atoms with Crippen molar-refractivity contribution in [3.63, 3.8) is 0 Å². The lowest BCUT2D eigenvalue weighted by Crippen LogP contribution is -2.40. The smallest absolute Gasteiger partial charge is 0.264 e. The normalized spacial score (nSPS) is 11.4. The van der Waals surface area contributed by atoms with Crippen molar-refractivity contribution >= 4 is 51.0 Å². The highest BCUT2D eigenvalue weighted by molar-refractivity contribution is 7.92. The number of ether oxygens (including phenoxy) is 1. The van der Waals surface area contributed by atoms with Crippen molar-refractivity contribution < 1.29 is 17.9 Å². The van der Waals surface area contributed by atoms with Crippen LogP contribution in [0.4, 0.5) is 5.69 Å². The van der Waals surface area contributed by atoms with Gasteiger partial charge in [0.2, 0.25) is 0 Å². The number of sulfonamides is 1. The van der Waals surface area contributed by atoms with Crippen LogP contribution in [0.15, 0.2) is 107 Å². The third-order valence-electron chi connectivity index (χ3n) is 5.76. The first kappa shape index (κ1) is 28.2. The van der Waals surface area contributed by atoms with E-state index in [9.17, 15) is 13.2 Å². The predicted molar refractivity (Wildman–Crippen MR) is 155 cm³/mol. The molecule has 0 aliphatic heterocycles. The van der Waals surface area contributed by atoms with E-state index in [4.69, 9.17) is 27.9 Å². The van der Waals surface area contributed by atoms with Crippen LogP contribution < -0.4 is 14.5 Å². The van der Waals surface area contributed by atoms with Gasteiger partial charge in [-0.25, -0.2) is 13.8 Å². The van der Waals surface area contributed by atoms with Crippen molar-refractivity contribution in [3.8, 4) is 5.75 Å². The Morgan fingerprint density at radius 2 is 1.56 bits per heavy atom. The van der Waals surface area contributed by atoms with E-state index in [-0.39, 0.29) is 4.90 Å². The van der Waals surface area contributed by atoms with E-state index in [0.717, 1.165) is 9.87 Å². The topological polar surface area (TPSA) is 88.1 Å². The predicted octanol–water partition coefficient (Wildman–Crippen LogP) is 6.23. The van der Waals surface area contributed by atoms with Gasteiger partial charge < -0.3 is 4.74 Å². The number of carbonyl (C=O) groups excluding carboxylic acids is 1. The number of nitrogens with zero attached hydrogens (tertiary/aromatic N) is 2. The van der Waals surface area contributed by atoms with Crippen molar-refractivity contribution in [2.75, 3.05) is 10.8 Å². The molecule has 39 heavy (non-hydrogen) atoms. The first-order chi connectivity index (χ1) is 18.8. The molecule has 1 N–H and O–H groups in total. The van der Waals surface area contributed by atoms with Gasteiger partial charge in [-0.2, -0.15) is 5.10 Å². The van der Waals surface area contributed by atoms with E-state index in [1.807, 2.05) is 18.2 Å². The molecular weight excluding hydrogens is 557 g/mol. The van der Waals surface area contributed by atoms with Gasteiger partial charge in [0.15, 0.2) is 0 Å². The molecule has 0 heterocycles. The Hall–Kier alpha value is -3.85.